The Balaban J connectivity index is 2.21. The predicted molar refractivity (Wildman–Crippen MR) is 86.9 cm³/mol. The topological polar surface area (TPSA) is 57.2 Å². The van der Waals surface area contributed by atoms with E-state index >= 15 is 0 Å². The lowest BCUT2D eigenvalue weighted by Crippen LogP contribution is -2.28. The molecule has 1 aliphatic heterocycles. The summed E-state index contributed by atoms with van der Waals surface area (Å²) in [6, 6.07) is 5.48. The van der Waals surface area contributed by atoms with Crippen LogP contribution in [0.1, 0.15) is 19.4 Å². The van der Waals surface area contributed by atoms with E-state index in [9.17, 15) is 4.79 Å². The van der Waals surface area contributed by atoms with Crippen molar-refractivity contribution in [1.82, 2.24) is 4.67 Å². The molecule has 0 fully saturated rings. The third-order valence-corrected chi connectivity index (χ3v) is 6.80. The van der Waals surface area contributed by atoms with Crippen LogP contribution in [-0.4, -0.2) is 37.6 Å². The fourth-order valence-corrected chi connectivity index (χ4v) is 3.33. The summed E-state index contributed by atoms with van der Waals surface area (Å²) in [5.41, 5.74) is 0.695. The van der Waals surface area contributed by atoms with Crippen LogP contribution in [0.25, 0.3) is 0 Å². The smallest absolute Gasteiger partial charge is 0.422 e. The highest BCUT2D eigenvalue weighted by Gasteiger charge is 2.34. The van der Waals surface area contributed by atoms with Crippen LogP contribution >= 0.6 is 6.64 Å². The lowest BCUT2D eigenvalue weighted by atomic mass is 10.0. The summed E-state index contributed by atoms with van der Waals surface area (Å²) in [5.74, 6) is 0.964. The Labute approximate surface area is 135 Å². The van der Waals surface area contributed by atoms with Crippen molar-refractivity contribution in [3.63, 3.8) is 0 Å². The van der Waals surface area contributed by atoms with Gasteiger partial charge in [0, 0.05) is 33.3 Å². The molecule has 0 bridgehead atoms. The lowest BCUT2D eigenvalue weighted by Gasteiger charge is -2.27. The van der Waals surface area contributed by atoms with Crippen molar-refractivity contribution in [2.75, 3.05) is 21.3 Å². The first kappa shape index (κ1) is 17.2. The SMILES string of the molecule is COP(=S)(OC)N(C)C(=O)Oc1cccc2c1OC(C)(C)C2. The molecule has 0 radical (unpaired) electrons. The van der Waals surface area contributed by atoms with E-state index in [0.29, 0.717) is 11.5 Å². The second kappa shape index (κ2) is 6.16. The van der Waals surface area contributed by atoms with Gasteiger partial charge >= 0.3 is 6.09 Å². The number of fused-ring (bicyclic) bond motifs is 1. The third-order valence-electron chi connectivity index (χ3n) is 3.35. The van der Waals surface area contributed by atoms with Gasteiger partial charge in [-0.3, -0.25) is 0 Å². The molecule has 1 aromatic carbocycles. The van der Waals surface area contributed by atoms with Gasteiger partial charge in [0.05, 0.1) is 0 Å². The zero-order valence-electron chi connectivity index (χ0n) is 13.3. The summed E-state index contributed by atoms with van der Waals surface area (Å²) in [7, 11) is 4.30. The van der Waals surface area contributed by atoms with Crippen LogP contribution in [-0.2, 0) is 27.3 Å². The molecule has 2 rings (SSSR count). The van der Waals surface area contributed by atoms with Crippen LogP contribution in [0.3, 0.4) is 0 Å². The van der Waals surface area contributed by atoms with Crippen LogP contribution in [0.15, 0.2) is 18.2 Å². The van der Waals surface area contributed by atoms with E-state index in [1.807, 2.05) is 26.0 Å². The van der Waals surface area contributed by atoms with E-state index in [2.05, 4.69) is 0 Å². The van der Waals surface area contributed by atoms with Crippen molar-refractivity contribution < 1.29 is 23.3 Å². The van der Waals surface area contributed by atoms with E-state index < -0.39 is 12.7 Å². The highest BCUT2D eigenvalue weighted by atomic mass is 32.5. The van der Waals surface area contributed by atoms with Crippen molar-refractivity contribution in [2.45, 2.75) is 25.9 Å². The summed E-state index contributed by atoms with van der Waals surface area (Å²) in [6.45, 7) is 1.11. The molecule has 22 heavy (non-hydrogen) atoms. The van der Waals surface area contributed by atoms with Gasteiger partial charge < -0.3 is 18.5 Å². The van der Waals surface area contributed by atoms with Crippen LogP contribution < -0.4 is 9.47 Å². The summed E-state index contributed by atoms with van der Waals surface area (Å²) >= 11 is 5.22. The van der Waals surface area contributed by atoms with Gasteiger partial charge in [-0.15, -0.1) is 0 Å². The predicted octanol–water partition coefficient (Wildman–Crippen LogP) is 3.35. The summed E-state index contributed by atoms with van der Waals surface area (Å²) < 4.78 is 22.7. The van der Waals surface area contributed by atoms with Gasteiger partial charge in [0.1, 0.15) is 5.60 Å². The summed E-state index contributed by atoms with van der Waals surface area (Å²) in [4.78, 5) is 12.3. The number of amides is 1. The number of benzene rings is 1. The maximum absolute atomic E-state index is 12.3. The normalized spacial score (nSPS) is 15.9. The Bertz CT molecular complexity index is 626. The Hall–Kier alpha value is -1.14. The molecule has 1 aromatic rings. The van der Waals surface area contributed by atoms with Crippen molar-refractivity contribution >= 4 is 24.5 Å². The number of hydrogen-bond acceptors (Lipinski definition) is 6. The molecule has 0 aliphatic carbocycles. The third kappa shape index (κ3) is 3.27. The van der Waals surface area contributed by atoms with Crippen LogP contribution in [0.4, 0.5) is 4.79 Å². The van der Waals surface area contributed by atoms with Gasteiger partial charge in [-0.25, -0.2) is 9.46 Å². The molecule has 0 spiro atoms. The fraction of sp³-hybridized carbons (Fsp3) is 0.500. The number of carbonyl (C=O) groups excluding carboxylic acids is 1. The maximum Gasteiger partial charge on any atom is 0.422 e. The molecule has 6 nitrogen and oxygen atoms in total. The van der Waals surface area contributed by atoms with Crippen LogP contribution in [0.5, 0.6) is 11.5 Å². The number of hydrogen-bond donors (Lipinski definition) is 0. The molecule has 0 unspecified atom stereocenters. The summed E-state index contributed by atoms with van der Waals surface area (Å²) in [5, 5.41) is 0. The fourth-order valence-electron chi connectivity index (χ4n) is 2.25. The van der Waals surface area contributed by atoms with Crippen LogP contribution in [0.2, 0.25) is 0 Å². The van der Waals surface area contributed by atoms with Crippen molar-refractivity contribution in [2.24, 2.45) is 0 Å². The minimum Gasteiger partial charge on any atom is -0.483 e. The van der Waals surface area contributed by atoms with Gasteiger partial charge in [0.25, 0.3) is 6.64 Å². The first-order chi connectivity index (χ1) is 10.2. The van der Waals surface area contributed by atoms with E-state index in [1.54, 1.807) is 6.07 Å². The van der Waals surface area contributed by atoms with E-state index in [4.69, 9.17) is 30.3 Å². The molecule has 1 aliphatic rings. The molecular formula is C14H20NO5PS. The number of carbonyl (C=O) groups is 1. The second-order valence-electron chi connectivity index (χ2n) is 5.51. The minimum atomic E-state index is -2.86. The van der Waals surface area contributed by atoms with Crippen molar-refractivity contribution in [1.29, 1.82) is 0 Å². The monoisotopic (exact) mass is 345 g/mol. The Kier molecular flexibility index (Phi) is 4.82. The second-order valence-corrected chi connectivity index (χ2v) is 9.16. The Morgan fingerprint density at radius 3 is 2.59 bits per heavy atom. The number of nitrogens with zero attached hydrogens (tertiary/aromatic N) is 1. The van der Waals surface area contributed by atoms with Gasteiger partial charge in [-0.1, -0.05) is 12.1 Å². The molecule has 0 aromatic heterocycles. The van der Waals surface area contributed by atoms with E-state index in [-0.39, 0.29) is 5.60 Å². The van der Waals surface area contributed by atoms with E-state index in [1.165, 1.54) is 25.9 Å². The molecule has 0 N–H and O–H groups in total. The largest absolute Gasteiger partial charge is 0.483 e. The molecule has 122 valence electrons. The quantitative estimate of drug-likeness (QED) is 0.780. The minimum absolute atomic E-state index is 0.315. The molecule has 0 atom stereocenters. The van der Waals surface area contributed by atoms with Crippen LogP contribution in [0, 0.1) is 0 Å². The number of rotatable bonds is 4. The zero-order chi connectivity index (χ0) is 16.5. The van der Waals surface area contributed by atoms with Gasteiger partial charge in [0.15, 0.2) is 11.5 Å². The molecule has 1 heterocycles. The molecule has 8 heteroatoms. The molecular weight excluding hydrogens is 325 g/mol. The Morgan fingerprint density at radius 2 is 2.00 bits per heavy atom. The molecule has 0 saturated heterocycles. The molecule has 1 amide bonds. The highest BCUT2D eigenvalue weighted by molar-refractivity contribution is 8.09. The first-order valence-corrected chi connectivity index (χ1v) is 9.30. The van der Waals surface area contributed by atoms with Crippen molar-refractivity contribution in [3.05, 3.63) is 23.8 Å². The highest BCUT2D eigenvalue weighted by Crippen LogP contribution is 2.50. The van der Waals surface area contributed by atoms with Gasteiger partial charge in [-0.2, -0.15) is 0 Å². The average Bonchev–Trinajstić information content (AvgIpc) is 2.80. The average molecular weight is 345 g/mol. The lowest BCUT2D eigenvalue weighted by molar-refractivity contribution is 0.131. The number of para-hydroxylation sites is 1. The van der Waals surface area contributed by atoms with Crippen molar-refractivity contribution in [3.8, 4) is 11.5 Å². The maximum atomic E-state index is 12.3. The first-order valence-electron chi connectivity index (χ1n) is 6.71. The molecule has 0 saturated carbocycles. The standard InChI is InChI=1S/C14H20NO5PS/c1-14(2)9-10-7-6-8-11(12(10)20-14)19-13(16)15(3)21(22,17-4)18-5/h6-8H,9H2,1-5H3. The van der Waals surface area contributed by atoms with E-state index in [0.717, 1.165) is 12.0 Å². The number of ether oxygens (including phenoxy) is 2. The van der Waals surface area contributed by atoms with Gasteiger partial charge in [0.2, 0.25) is 0 Å². The Morgan fingerprint density at radius 1 is 1.36 bits per heavy atom. The van der Waals surface area contributed by atoms with Gasteiger partial charge in [-0.05, 0) is 31.7 Å². The zero-order valence-corrected chi connectivity index (χ0v) is 15.0. The summed E-state index contributed by atoms with van der Waals surface area (Å²) in [6.07, 6.45) is 0.117.